The van der Waals surface area contributed by atoms with Crippen LogP contribution in [0.15, 0.2) is 60.8 Å². The minimum absolute atomic E-state index is 0.0573. The van der Waals surface area contributed by atoms with Crippen molar-refractivity contribution < 1.29 is 22.3 Å². The highest BCUT2D eigenvalue weighted by molar-refractivity contribution is 6.69. The van der Waals surface area contributed by atoms with Crippen LogP contribution in [0.25, 0.3) is 10.9 Å². The summed E-state index contributed by atoms with van der Waals surface area (Å²) in [6.45, 7) is 6.25. The Morgan fingerprint density at radius 3 is 2.25 bits per heavy atom. The van der Waals surface area contributed by atoms with Crippen LogP contribution in [0.2, 0.25) is 19.6 Å². The molecule has 1 aromatic heterocycles. The Morgan fingerprint density at radius 2 is 1.57 bits per heavy atom. The van der Waals surface area contributed by atoms with Gasteiger partial charge < -0.3 is 9.16 Å². The van der Waals surface area contributed by atoms with Gasteiger partial charge in [-0.1, -0.05) is 36.4 Å². The average Bonchev–Trinajstić information content (AvgIpc) is 2.59. The second kappa shape index (κ2) is 7.22. The van der Waals surface area contributed by atoms with Crippen LogP contribution < -0.4 is 4.74 Å². The number of para-hydroxylation sites is 2. The topological polar surface area (TPSA) is 31.4 Å². The van der Waals surface area contributed by atoms with Gasteiger partial charge in [-0.05, 0) is 44.8 Å². The second-order valence-electron chi connectivity index (χ2n) is 7.71. The normalized spacial score (nSPS) is 14.7. The van der Waals surface area contributed by atoms with Crippen LogP contribution in [0.1, 0.15) is 12.5 Å². The molecule has 148 valence electrons. The number of alkyl halides is 3. The lowest BCUT2D eigenvalue weighted by Gasteiger charge is -2.38. The standard InChI is InChI=1S/C21H22F3NO2Si/c1-20(21(22,23)24,27-28(2,3)4)17-10-6-8-12-19(17)26-16-13-15-9-5-7-11-18(15)25-14-16/h5-14H,1-4H3. The molecule has 1 heterocycles. The first kappa shape index (κ1) is 20.4. The van der Waals surface area contributed by atoms with Crippen LogP contribution in [0.5, 0.6) is 11.5 Å². The monoisotopic (exact) mass is 405 g/mol. The van der Waals surface area contributed by atoms with Gasteiger partial charge in [-0.25, -0.2) is 0 Å². The van der Waals surface area contributed by atoms with E-state index in [-0.39, 0.29) is 11.3 Å². The molecule has 0 aliphatic rings. The summed E-state index contributed by atoms with van der Waals surface area (Å²) in [5.41, 5.74) is -1.75. The quantitative estimate of drug-likeness (QED) is 0.445. The molecule has 1 unspecified atom stereocenters. The molecule has 0 spiro atoms. The van der Waals surface area contributed by atoms with Crippen molar-refractivity contribution in [1.29, 1.82) is 0 Å². The maximum atomic E-state index is 14.1. The lowest BCUT2D eigenvalue weighted by molar-refractivity contribution is -0.251. The molecule has 0 saturated heterocycles. The van der Waals surface area contributed by atoms with Gasteiger partial charge in [-0.15, -0.1) is 0 Å². The number of benzene rings is 2. The van der Waals surface area contributed by atoms with Gasteiger partial charge in [0.25, 0.3) is 0 Å². The number of rotatable bonds is 5. The third kappa shape index (κ3) is 4.20. The SMILES string of the molecule is CC(O[Si](C)(C)C)(c1ccccc1Oc1cnc2ccccc2c1)C(F)(F)F. The Bertz CT molecular complexity index is 985. The van der Waals surface area contributed by atoms with Gasteiger partial charge in [-0.2, -0.15) is 13.2 Å². The highest BCUT2D eigenvalue weighted by Gasteiger charge is 2.56. The van der Waals surface area contributed by atoms with E-state index in [1.54, 1.807) is 37.8 Å². The fourth-order valence-corrected chi connectivity index (χ4v) is 4.51. The van der Waals surface area contributed by atoms with Crippen LogP contribution in [0.4, 0.5) is 13.2 Å². The fourth-order valence-electron chi connectivity index (χ4n) is 3.06. The maximum absolute atomic E-state index is 14.1. The van der Waals surface area contributed by atoms with E-state index in [9.17, 15) is 13.2 Å². The zero-order chi connectivity index (χ0) is 20.6. The molecule has 0 aliphatic heterocycles. The predicted octanol–water partition coefficient (Wildman–Crippen LogP) is 6.66. The number of nitrogens with zero attached hydrogens (tertiary/aromatic N) is 1. The number of pyridine rings is 1. The van der Waals surface area contributed by atoms with Crippen LogP contribution in [-0.4, -0.2) is 19.5 Å². The van der Waals surface area contributed by atoms with Gasteiger partial charge in [-0.3, -0.25) is 4.98 Å². The van der Waals surface area contributed by atoms with Crippen LogP contribution in [0, 0.1) is 0 Å². The smallest absolute Gasteiger partial charge is 0.420 e. The van der Waals surface area contributed by atoms with E-state index >= 15 is 0 Å². The molecule has 7 heteroatoms. The van der Waals surface area contributed by atoms with E-state index in [0.29, 0.717) is 5.75 Å². The number of aromatic nitrogens is 1. The molecule has 0 amide bonds. The summed E-state index contributed by atoms with van der Waals surface area (Å²) in [6.07, 6.45) is -3.10. The van der Waals surface area contributed by atoms with E-state index in [4.69, 9.17) is 9.16 Å². The summed E-state index contributed by atoms with van der Waals surface area (Å²) < 4.78 is 53.7. The van der Waals surface area contributed by atoms with Crippen LogP contribution in [0.3, 0.4) is 0 Å². The third-order valence-electron chi connectivity index (χ3n) is 4.25. The summed E-state index contributed by atoms with van der Waals surface area (Å²) in [7, 11) is -2.52. The summed E-state index contributed by atoms with van der Waals surface area (Å²) in [4.78, 5) is 4.31. The van der Waals surface area contributed by atoms with Crippen LogP contribution >= 0.6 is 0 Å². The first-order chi connectivity index (χ1) is 13.0. The molecule has 28 heavy (non-hydrogen) atoms. The molecule has 0 saturated carbocycles. The van der Waals surface area contributed by atoms with E-state index in [1.807, 2.05) is 24.3 Å². The molecule has 1 atom stereocenters. The molecule has 0 aliphatic carbocycles. The molecule has 0 bridgehead atoms. The van der Waals surface area contributed by atoms with Gasteiger partial charge in [0.15, 0.2) is 13.9 Å². The highest BCUT2D eigenvalue weighted by Crippen LogP contribution is 2.47. The van der Waals surface area contributed by atoms with Gasteiger partial charge in [0.1, 0.15) is 11.5 Å². The Kier molecular flexibility index (Phi) is 5.25. The Morgan fingerprint density at radius 1 is 0.929 bits per heavy atom. The summed E-state index contributed by atoms with van der Waals surface area (Å²) in [5.74, 6) is 0.460. The molecular weight excluding hydrogens is 383 g/mol. The Hall–Kier alpha value is -2.38. The number of fused-ring (bicyclic) bond motifs is 1. The van der Waals surface area contributed by atoms with Crippen molar-refractivity contribution >= 4 is 19.2 Å². The maximum Gasteiger partial charge on any atom is 0.420 e. The largest absolute Gasteiger partial charge is 0.455 e. The zero-order valence-electron chi connectivity index (χ0n) is 16.2. The fraction of sp³-hybridized carbons (Fsp3) is 0.286. The molecule has 3 nitrogen and oxygen atoms in total. The number of hydrogen-bond acceptors (Lipinski definition) is 3. The lowest BCUT2D eigenvalue weighted by Crippen LogP contribution is -2.48. The summed E-state index contributed by atoms with van der Waals surface area (Å²) in [6, 6.07) is 15.3. The van der Waals surface area contributed by atoms with Gasteiger partial charge in [0, 0.05) is 10.9 Å². The molecule has 0 N–H and O–H groups in total. The Labute approximate surface area is 163 Å². The second-order valence-corrected chi connectivity index (χ2v) is 12.1. The predicted molar refractivity (Wildman–Crippen MR) is 106 cm³/mol. The molecule has 3 rings (SSSR count). The van der Waals surface area contributed by atoms with Gasteiger partial charge in [0.05, 0.1) is 11.7 Å². The minimum Gasteiger partial charge on any atom is -0.455 e. The molecular formula is C21H22F3NO2Si. The van der Waals surface area contributed by atoms with Gasteiger partial charge >= 0.3 is 6.18 Å². The molecule has 3 aromatic rings. The highest BCUT2D eigenvalue weighted by atomic mass is 28.4. The zero-order valence-corrected chi connectivity index (χ0v) is 17.2. The van der Waals surface area contributed by atoms with Crippen molar-refractivity contribution in [2.24, 2.45) is 0 Å². The third-order valence-corrected chi connectivity index (χ3v) is 5.27. The summed E-state index contributed by atoms with van der Waals surface area (Å²) >= 11 is 0. The minimum atomic E-state index is -4.60. The molecule has 2 aromatic carbocycles. The first-order valence-corrected chi connectivity index (χ1v) is 12.3. The lowest BCUT2D eigenvalue weighted by atomic mass is 9.94. The van der Waals surface area contributed by atoms with Crippen molar-refractivity contribution in [3.8, 4) is 11.5 Å². The van der Waals surface area contributed by atoms with Crippen molar-refractivity contribution in [3.05, 3.63) is 66.4 Å². The van der Waals surface area contributed by atoms with Crippen LogP contribution in [-0.2, 0) is 10.0 Å². The number of hydrogen-bond donors (Lipinski definition) is 0. The summed E-state index contributed by atoms with van der Waals surface area (Å²) in [5, 5.41) is 0.842. The molecule has 0 radical (unpaired) electrons. The van der Waals surface area contributed by atoms with Gasteiger partial charge in [0.2, 0.25) is 0 Å². The first-order valence-electron chi connectivity index (χ1n) is 8.89. The average molecular weight is 405 g/mol. The van der Waals surface area contributed by atoms with E-state index < -0.39 is 20.1 Å². The van der Waals surface area contributed by atoms with E-state index in [2.05, 4.69) is 4.98 Å². The van der Waals surface area contributed by atoms with Crippen molar-refractivity contribution in [3.63, 3.8) is 0 Å². The number of halogens is 3. The van der Waals surface area contributed by atoms with Crippen molar-refractivity contribution in [2.75, 3.05) is 0 Å². The van der Waals surface area contributed by atoms with Crippen molar-refractivity contribution in [1.82, 2.24) is 4.98 Å². The van der Waals surface area contributed by atoms with E-state index in [1.165, 1.54) is 18.3 Å². The number of ether oxygens (including phenoxy) is 1. The van der Waals surface area contributed by atoms with E-state index in [0.717, 1.165) is 17.8 Å². The van der Waals surface area contributed by atoms with Crippen molar-refractivity contribution in [2.45, 2.75) is 38.3 Å². The Balaban J connectivity index is 2.05. The molecule has 0 fully saturated rings.